The zero-order chi connectivity index (χ0) is 36.6. The molecule has 0 N–H and O–H groups in total. The smallest absolute Gasteiger partial charge is 0.175 e. The first-order chi connectivity index (χ1) is 25.3. The summed E-state index contributed by atoms with van der Waals surface area (Å²) in [5.41, 5.74) is 7.27. The lowest BCUT2D eigenvalue weighted by atomic mass is 10.1. The van der Waals surface area contributed by atoms with E-state index in [9.17, 15) is 8.42 Å². The Morgan fingerprint density at radius 2 is 1.02 bits per heavy atom. The topological polar surface area (TPSA) is 55.8 Å². The average Bonchev–Trinajstić information content (AvgIpc) is 3.16. The van der Waals surface area contributed by atoms with Crippen molar-refractivity contribution in [3.05, 3.63) is 155 Å². The summed E-state index contributed by atoms with van der Waals surface area (Å²) in [4.78, 5) is 2.50. The van der Waals surface area contributed by atoms with E-state index in [1.54, 1.807) is 12.1 Å². The molecule has 5 aromatic rings. The maximum Gasteiger partial charge on any atom is 0.175 e. The van der Waals surface area contributed by atoms with Crippen LogP contribution in [0.3, 0.4) is 0 Å². The number of sulfone groups is 1. The predicted molar refractivity (Wildman–Crippen MR) is 221 cm³/mol. The maximum absolute atomic E-state index is 11.8. The molecule has 0 aliphatic carbocycles. The van der Waals surface area contributed by atoms with Crippen LogP contribution in [0.5, 0.6) is 11.5 Å². The first-order valence-corrected chi connectivity index (χ1v) is 19.9. The molecule has 5 nitrogen and oxygen atoms in total. The molecule has 0 fully saturated rings. The highest BCUT2D eigenvalue weighted by molar-refractivity contribution is 7.90. The molecule has 6 heteroatoms. The van der Waals surface area contributed by atoms with Gasteiger partial charge in [0, 0.05) is 30.1 Å². The first-order valence-electron chi connectivity index (χ1n) is 18.0. The zero-order valence-corrected chi connectivity index (χ0v) is 31.3. The normalized spacial score (nSPS) is 11.8. The minimum atomic E-state index is -3.21. The van der Waals surface area contributed by atoms with E-state index < -0.39 is 9.84 Å². The molecule has 0 heterocycles. The van der Waals surface area contributed by atoms with E-state index in [0.717, 1.165) is 63.4 Å². The van der Waals surface area contributed by atoms with Crippen molar-refractivity contribution in [3.8, 4) is 11.5 Å². The van der Waals surface area contributed by atoms with Gasteiger partial charge in [0.15, 0.2) is 9.84 Å². The van der Waals surface area contributed by atoms with Gasteiger partial charge in [-0.05, 0) is 65.1 Å². The molecule has 0 aliphatic heterocycles. The number of ether oxygens (including phenoxy) is 2. The van der Waals surface area contributed by atoms with Gasteiger partial charge in [0.1, 0.15) is 18.1 Å². The van der Waals surface area contributed by atoms with Crippen molar-refractivity contribution in [3.63, 3.8) is 0 Å². The van der Waals surface area contributed by atoms with Crippen molar-refractivity contribution < 1.29 is 17.9 Å². The van der Waals surface area contributed by atoms with Gasteiger partial charge in [0.2, 0.25) is 0 Å². The molecular formula is C46H49NO4S. The number of benzene rings is 5. The number of anilines is 1. The Bertz CT molecular complexity index is 2030. The van der Waals surface area contributed by atoms with Gasteiger partial charge in [-0.1, -0.05) is 148 Å². The Labute approximate surface area is 310 Å². The molecule has 5 aromatic carbocycles. The van der Waals surface area contributed by atoms with Gasteiger partial charge in [-0.15, -0.1) is 0 Å². The summed E-state index contributed by atoms with van der Waals surface area (Å²) < 4.78 is 36.4. The zero-order valence-electron chi connectivity index (χ0n) is 30.4. The van der Waals surface area contributed by atoms with Crippen LogP contribution in [-0.4, -0.2) is 41.5 Å². The molecule has 0 aliphatic rings. The summed E-state index contributed by atoms with van der Waals surface area (Å²) >= 11 is 0. The monoisotopic (exact) mass is 711 g/mol. The van der Waals surface area contributed by atoms with E-state index in [2.05, 4.69) is 104 Å². The second kappa shape index (κ2) is 19.3. The number of unbranched alkanes of at least 4 members (excludes halogenated alkanes) is 3. The Morgan fingerprint density at radius 3 is 1.52 bits per heavy atom. The molecule has 0 amide bonds. The van der Waals surface area contributed by atoms with E-state index in [1.165, 1.54) is 19.1 Å². The molecule has 0 radical (unpaired) electrons. The van der Waals surface area contributed by atoms with Gasteiger partial charge in [-0.3, -0.25) is 0 Å². The molecule has 0 unspecified atom stereocenters. The second-order valence-corrected chi connectivity index (χ2v) is 14.9. The molecule has 268 valence electrons. The van der Waals surface area contributed by atoms with Crippen LogP contribution in [0.4, 0.5) is 5.69 Å². The fourth-order valence-corrected chi connectivity index (χ4v) is 6.22. The third-order valence-corrected chi connectivity index (χ3v) is 9.83. The molecule has 0 atom stereocenters. The highest BCUT2D eigenvalue weighted by Crippen LogP contribution is 2.33. The van der Waals surface area contributed by atoms with Crippen molar-refractivity contribution in [2.75, 3.05) is 38.0 Å². The number of hydrogen-bond donors (Lipinski definition) is 0. The van der Waals surface area contributed by atoms with Crippen molar-refractivity contribution in [1.29, 1.82) is 0 Å². The molecule has 0 bridgehead atoms. The minimum absolute atomic E-state index is 0.320. The van der Waals surface area contributed by atoms with Crippen molar-refractivity contribution >= 4 is 52.0 Å². The van der Waals surface area contributed by atoms with Crippen molar-refractivity contribution in [1.82, 2.24) is 0 Å². The third kappa shape index (κ3) is 11.9. The van der Waals surface area contributed by atoms with Gasteiger partial charge >= 0.3 is 0 Å². The first kappa shape index (κ1) is 37.9. The highest BCUT2D eigenvalue weighted by Gasteiger charge is 2.12. The Morgan fingerprint density at radius 1 is 0.558 bits per heavy atom. The van der Waals surface area contributed by atoms with Crippen molar-refractivity contribution in [2.24, 2.45) is 0 Å². The van der Waals surface area contributed by atoms with E-state index >= 15 is 0 Å². The van der Waals surface area contributed by atoms with E-state index in [1.807, 2.05) is 60.7 Å². The number of rotatable bonds is 18. The van der Waals surface area contributed by atoms with E-state index in [0.29, 0.717) is 24.7 Å². The summed E-state index contributed by atoms with van der Waals surface area (Å²) in [5, 5.41) is 0. The lowest BCUT2D eigenvalue weighted by molar-refractivity contribution is 0.301. The molecule has 0 saturated carbocycles. The number of hydrogen-bond acceptors (Lipinski definition) is 5. The quantitative estimate of drug-likeness (QED) is 0.0669. The van der Waals surface area contributed by atoms with Gasteiger partial charge in [0.05, 0.1) is 18.0 Å². The van der Waals surface area contributed by atoms with Gasteiger partial charge in [0.25, 0.3) is 0 Å². The van der Waals surface area contributed by atoms with Gasteiger partial charge < -0.3 is 14.4 Å². The molecule has 0 saturated heterocycles. The molecular weight excluding hydrogens is 663 g/mol. The lowest BCUT2D eigenvalue weighted by Gasteiger charge is -2.21. The average molecular weight is 712 g/mol. The minimum Gasteiger partial charge on any atom is -0.493 e. The van der Waals surface area contributed by atoms with Gasteiger partial charge in [-0.2, -0.15) is 0 Å². The van der Waals surface area contributed by atoms with Crippen LogP contribution >= 0.6 is 0 Å². The maximum atomic E-state index is 11.8. The van der Waals surface area contributed by atoms with E-state index in [-0.39, 0.29) is 0 Å². The molecule has 0 aromatic heterocycles. The number of nitrogens with zero attached hydrogens (tertiary/aromatic N) is 1. The molecule has 5 rings (SSSR count). The van der Waals surface area contributed by atoms with Crippen LogP contribution in [0, 0.1) is 0 Å². The standard InChI is InChI=1S/C46H49NO4S/c1-4-5-6-13-33-50-45-35-42(27-21-38-16-11-8-12-17-38)46(36-41(45)26-20-37-14-9-7-10-15-37)51-34-32-47(2)43-28-22-39(23-29-43)18-19-40-24-30-44(31-25-40)52(3,48)49/h7-12,14-31,35-36H,4-6,13,32-34H2,1-3H3/b19-18+,26-20+,27-21+. The van der Waals surface area contributed by atoms with Crippen LogP contribution in [0.2, 0.25) is 0 Å². The highest BCUT2D eigenvalue weighted by atomic mass is 32.2. The summed E-state index contributed by atoms with van der Waals surface area (Å²) in [6.07, 6.45) is 18.2. The predicted octanol–water partition coefficient (Wildman–Crippen LogP) is 11.1. The van der Waals surface area contributed by atoms with Crippen LogP contribution in [0.1, 0.15) is 66.0 Å². The van der Waals surface area contributed by atoms with Crippen LogP contribution < -0.4 is 14.4 Å². The fourth-order valence-electron chi connectivity index (χ4n) is 5.59. The van der Waals surface area contributed by atoms with E-state index in [4.69, 9.17) is 9.47 Å². The molecule has 0 spiro atoms. The second-order valence-electron chi connectivity index (χ2n) is 12.9. The summed E-state index contributed by atoms with van der Waals surface area (Å²) in [6, 6.07) is 40.0. The summed E-state index contributed by atoms with van der Waals surface area (Å²) in [5.74, 6) is 1.65. The summed E-state index contributed by atoms with van der Waals surface area (Å²) in [6.45, 7) is 4.08. The van der Waals surface area contributed by atoms with Crippen LogP contribution in [0.15, 0.2) is 126 Å². The van der Waals surface area contributed by atoms with Crippen molar-refractivity contribution in [2.45, 2.75) is 37.5 Å². The third-order valence-electron chi connectivity index (χ3n) is 8.70. The van der Waals surface area contributed by atoms with Crippen LogP contribution in [0.25, 0.3) is 36.5 Å². The number of likely N-dealkylation sites (N-methyl/N-ethyl adjacent to an activating group) is 1. The molecule has 52 heavy (non-hydrogen) atoms. The lowest BCUT2D eigenvalue weighted by Crippen LogP contribution is -2.23. The van der Waals surface area contributed by atoms with Crippen LogP contribution in [-0.2, 0) is 9.84 Å². The Kier molecular flexibility index (Phi) is 14.1. The fraction of sp³-hybridized carbons (Fsp3) is 0.217. The Balaban J connectivity index is 1.30. The SMILES string of the molecule is CCCCCCOc1cc(/C=C/c2ccccc2)c(OCCN(C)c2ccc(/C=C/c3ccc(S(C)(=O)=O)cc3)cc2)cc1/C=C/c1ccccc1. The summed E-state index contributed by atoms with van der Waals surface area (Å²) in [7, 11) is -1.14. The largest absolute Gasteiger partial charge is 0.493 e. The Hall–Kier alpha value is -5.33. The van der Waals surface area contributed by atoms with Gasteiger partial charge in [-0.25, -0.2) is 8.42 Å².